The van der Waals surface area contributed by atoms with Crippen molar-refractivity contribution in [3.8, 4) is 0 Å². The van der Waals surface area contributed by atoms with Crippen LogP contribution in [0.3, 0.4) is 0 Å². The Hall–Kier alpha value is -1.48. The molecule has 9 heteroatoms. The minimum absolute atomic E-state index is 0.0414. The molecule has 1 spiro atoms. The van der Waals surface area contributed by atoms with Crippen molar-refractivity contribution in [2.45, 2.75) is 48.9 Å². The third kappa shape index (κ3) is 3.25. The molecule has 1 aromatic rings. The Labute approximate surface area is 142 Å². The van der Waals surface area contributed by atoms with E-state index in [1.807, 2.05) is 6.92 Å². The normalized spacial score (nSPS) is 20.7. The van der Waals surface area contributed by atoms with E-state index in [-0.39, 0.29) is 24.1 Å². The second-order valence-corrected chi connectivity index (χ2v) is 8.23. The number of hydrogen-bond donors (Lipinski definition) is 1. The molecule has 1 aliphatic heterocycles. The number of nitrogens with zero attached hydrogens (tertiary/aromatic N) is 3. The fourth-order valence-corrected chi connectivity index (χ4v) is 4.89. The highest BCUT2D eigenvalue weighted by Crippen LogP contribution is 2.36. The first-order valence-corrected chi connectivity index (χ1v) is 9.39. The second kappa shape index (κ2) is 6.56. The second-order valence-electron chi connectivity index (χ2n) is 5.83. The minimum atomic E-state index is -0.846. The van der Waals surface area contributed by atoms with Crippen LogP contribution in [-0.4, -0.2) is 50.7 Å². The predicted octanol–water partition coefficient (Wildman–Crippen LogP) is 1.13. The van der Waals surface area contributed by atoms with Gasteiger partial charge < -0.3 is 4.90 Å². The van der Waals surface area contributed by atoms with Crippen LogP contribution in [-0.2, 0) is 14.4 Å². The van der Waals surface area contributed by atoms with Gasteiger partial charge in [0, 0.05) is 0 Å². The van der Waals surface area contributed by atoms with Gasteiger partial charge in [0.2, 0.25) is 11.8 Å². The first-order valence-electron chi connectivity index (χ1n) is 7.59. The minimum Gasteiger partial charge on any atom is -0.318 e. The Morgan fingerprint density at radius 2 is 2.04 bits per heavy atom. The summed E-state index contributed by atoms with van der Waals surface area (Å²) < 4.78 is 0.723. The van der Waals surface area contributed by atoms with Crippen LogP contribution < -0.4 is 5.32 Å². The van der Waals surface area contributed by atoms with E-state index >= 15 is 0 Å². The fraction of sp³-hybridized carbons (Fsp3) is 0.643. The molecule has 1 saturated carbocycles. The molecule has 1 aliphatic carbocycles. The number of piperazine rings is 1. The molecular formula is C14H18N4O3S2. The van der Waals surface area contributed by atoms with Crippen molar-refractivity contribution in [2.24, 2.45) is 0 Å². The summed E-state index contributed by atoms with van der Waals surface area (Å²) in [7, 11) is 0. The van der Waals surface area contributed by atoms with Gasteiger partial charge in [0.15, 0.2) is 4.34 Å². The Morgan fingerprint density at radius 3 is 2.70 bits per heavy atom. The topological polar surface area (TPSA) is 92.3 Å². The van der Waals surface area contributed by atoms with E-state index in [1.165, 1.54) is 28.0 Å². The molecule has 124 valence electrons. The molecule has 0 aromatic carbocycles. The van der Waals surface area contributed by atoms with Crippen molar-refractivity contribution in [2.75, 3.05) is 12.3 Å². The van der Waals surface area contributed by atoms with Gasteiger partial charge in [-0.25, -0.2) is 0 Å². The van der Waals surface area contributed by atoms with Crippen LogP contribution in [0.1, 0.15) is 37.1 Å². The average Bonchev–Trinajstić information content (AvgIpc) is 2.95. The van der Waals surface area contributed by atoms with E-state index < -0.39 is 11.4 Å². The molecule has 3 amide bonds. The SMILES string of the molecule is Cc1nnc(SCC(=O)N2CC(=O)NC(=O)C23CCCCC3)s1. The summed E-state index contributed by atoms with van der Waals surface area (Å²) in [6.07, 6.45) is 4.10. The standard InChI is InChI=1S/C14H18N4O3S2/c1-9-16-17-13(23-9)22-8-11(20)18-7-10(19)15-12(21)14(18)5-3-2-4-6-14/h2-8H2,1H3,(H,15,19,21). The van der Waals surface area contributed by atoms with Gasteiger partial charge in [-0.2, -0.15) is 0 Å². The number of carbonyl (C=O) groups excluding carboxylic acids is 3. The molecule has 0 unspecified atom stereocenters. The van der Waals surface area contributed by atoms with Gasteiger partial charge >= 0.3 is 0 Å². The molecule has 3 rings (SSSR count). The Bertz CT molecular complexity index is 640. The molecule has 0 atom stereocenters. The van der Waals surface area contributed by atoms with Crippen LogP contribution in [0.25, 0.3) is 0 Å². The summed E-state index contributed by atoms with van der Waals surface area (Å²) in [4.78, 5) is 38.3. The molecule has 1 aromatic heterocycles. The number of imide groups is 1. The van der Waals surface area contributed by atoms with Gasteiger partial charge in [-0.3, -0.25) is 19.7 Å². The zero-order chi connectivity index (χ0) is 16.4. The van der Waals surface area contributed by atoms with Gasteiger partial charge in [0.1, 0.15) is 17.1 Å². The van der Waals surface area contributed by atoms with Crippen molar-refractivity contribution < 1.29 is 14.4 Å². The molecule has 2 fully saturated rings. The van der Waals surface area contributed by atoms with E-state index in [0.29, 0.717) is 12.8 Å². The van der Waals surface area contributed by atoms with Crippen molar-refractivity contribution in [1.82, 2.24) is 20.4 Å². The van der Waals surface area contributed by atoms with Gasteiger partial charge in [-0.15, -0.1) is 10.2 Å². The molecule has 1 N–H and O–H groups in total. The zero-order valence-corrected chi connectivity index (χ0v) is 14.5. The van der Waals surface area contributed by atoms with Crippen molar-refractivity contribution >= 4 is 40.8 Å². The maximum atomic E-state index is 12.7. The molecular weight excluding hydrogens is 336 g/mol. The van der Waals surface area contributed by atoms with Gasteiger partial charge in [-0.05, 0) is 19.8 Å². The third-order valence-corrected chi connectivity index (χ3v) is 6.26. The lowest BCUT2D eigenvalue weighted by Gasteiger charge is -2.47. The largest absolute Gasteiger partial charge is 0.318 e. The number of carbonyl (C=O) groups is 3. The monoisotopic (exact) mass is 354 g/mol. The van der Waals surface area contributed by atoms with E-state index in [1.54, 1.807) is 0 Å². The maximum absolute atomic E-state index is 12.7. The molecule has 0 radical (unpaired) electrons. The summed E-state index contributed by atoms with van der Waals surface area (Å²) in [6.45, 7) is 1.81. The summed E-state index contributed by atoms with van der Waals surface area (Å²) >= 11 is 2.73. The first kappa shape index (κ1) is 16.4. The summed E-state index contributed by atoms with van der Waals surface area (Å²) in [6, 6.07) is 0. The van der Waals surface area contributed by atoms with Crippen LogP contribution in [0.5, 0.6) is 0 Å². The molecule has 2 heterocycles. The third-order valence-electron chi connectivity index (χ3n) is 4.30. The highest BCUT2D eigenvalue weighted by Gasteiger charge is 2.50. The van der Waals surface area contributed by atoms with Crippen LogP contribution >= 0.6 is 23.1 Å². The molecule has 0 bridgehead atoms. The summed E-state index contributed by atoms with van der Waals surface area (Å²) in [5.74, 6) is -0.750. The smallest absolute Gasteiger partial charge is 0.252 e. The quantitative estimate of drug-likeness (QED) is 0.646. The summed E-state index contributed by atoms with van der Waals surface area (Å²) in [5.41, 5.74) is -0.846. The molecule has 1 saturated heterocycles. The number of nitrogens with one attached hydrogen (secondary N) is 1. The highest BCUT2D eigenvalue weighted by molar-refractivity contribution is 8.01. The van der Waals surface area contributed by atoms with Gasteiger partial charge in [0.25, 0.3) is 5.91 Å². The zero-order valence-electron chi connectivity index (χ0n) is 12.8. The van der Waals surface area contributed by atoms with Gasteiger partial charge in [0.05, 0.1) is 5.75 Å². The number of amides is 3. The highest BCUT2D eigenvalue weighted by atomic mass is 32.2. The van der Waals surface area contributed by atoms with Crippen molar-refractivity contribution in [3.05, 3.63) is 5.01 Å². The van der Waals surface area contributed by atoms with Crippen LogP contribution in [0.4, 0.5) is 0 Å². The lowest BCUT2D eigenvalue weighted by Crippen LogP contribution is -2.69. The number of rotatable bonds is 3. The number of aryl methyl sites for hydroxylation is 1. The molecule has 2 aliphatic rings. The van der Waals surface area contributed by atoms with Crippen molar-refractivity contribution in [1.29, 1.82) is 0 Å². The summed E-state index contributed by atoms with van der Waals surface area (Å²) in [5, 5.41) is 11.1. The van der Waals surface area contributed by atoms with E-state index in [9.17, 15) is 14.4 Å². The van der Waals surface area contributed by atoms with Crippen molar-refractivity contribution in [3.63, 3.8) is 0 Å². The lowest BCUT2D eigenvalue weighted by molar-refractivity contribution is -0.158. The van der Waals surface area contributed by atoms with E-state index in [4.69, 9.17) is 0 Å². The Kier molecular flexibility index (Phi) is 4.67. The Morgan fingerprint density at radius 1 is 1.30 bits per heavy atom. The van der Waals surface area contributed by atoms with Gasteiger partial charge in [-0.1, -0.05) is 42.4 Å². The van der Waals surface area contributed by atoms with E-state index in [2.05, 4.69) is 15.5 Å². The number of aromatic nitrogens is 2. The number of hydrogen-bond acceptors (Lipinski definition) is 7. The fourth-order valence-electron chi connectivity index (χ4n) is 3.20. The maximum Gasteiger partial charge on any atom is 0.252 e. The van der Waals surface area contributed by atoms with Crippen LogP contribution in [0, 0.1) is 6.92 Å². The van der Waals surface area contributed by atoms with Crippen LogP contribution in [0.15, 0.2) is 4.34 Å². The van der Waals surface area contributed by atoms with E-state index in [0.717, 1.165) is 28.6 Å². The predicted molar refractivity (Wildman–Crippen MR) is 86.0 cm³/mol. The number of thioether (sulfide) groups is 1. The van der Waals surface area contributed by atoms with Crippen LogP contribution in [0.2, 0.25) is 0 Å². The Balaban J connectivity index is 1.75. The lowest BCUT2D eigenvalue weighted by atomic mass is 9.78. The molecule has 7 nitrogen and oxygen atoms in total. The first-order chi connectivity index (χ1) is 11.0. The molecule has 23 heavy (non-hydrogen) atoms. The average molecular weight is 354 g/mol.